The lowest BCUT2D eigenvalue weighted by atomic mass is 10.1. The van der Waals surface area contributed by atoms with Crippen LogP contribution in [-0.4, -0.2) is 26.4 Å². The number of aromatic nitrogens is 1. The molecule has 1 amide bonds. The molecule has 1 aromatic heterocycles. The number of hydrogen-bond acceptors (Lipinski definition) is 5. The van der Waals surface area contributed by atoms with Gasteiger partial charge < -0.3 is 10.1 Å². The molecule has 2 N–H and O–H groups in total. The topological polar surface area (TPSA) is 97.4 Å². The van der Waals surface area contributed by atoms with Gasteiger partial charge in [0.1, 0.15) is 5.75 Å². The molecular weight excluding hydrogens is 390 g/mol. The summed E-state index contributed by atoms with van der Waals surface area (Å²) < 4.78 is 33.2. The molecule has 0 unspecified atom stereocenters. The summed E-state index contributed by atoms with van der Waals surface area (Å²) in [6.07, 6.45) is 1.65. The molecule has 0 saturated carbocycles. The first-order chi connectivity index (χ1) is 13.9. The lowest BCUT2D eigenvalue weighted by molar-refractivity contribution is 0.0939. The van der Waals surface area contributed by atoms with Crippen molar-refractivity contribution in [2.75, 3.05) is 11.8 Å². The Morgan fingerprint density at radius 3 is 2.52 bits per heavy atom. The predicted octanol–water partition coefficient (Wildman–Crippen LogP) is 3.38. The van der Waals surface area contributed by atoms with Gasteiger partial charge >= 0.3 is 0 Å². The quantitative estimate of drug-likeness (QED) is 0.621. The van der Waals surface area contributed by atoms with Crippen LogP contribution in [0.5, 0.6) is 5.75 Å². The number of hydrogen-bond donors (Lipinski definition) is 2. The zero-order valence-corrected chi connectivity index (χ0v) is 16.8. The maximum Gasteiger partial charge on any atom is 0.262 e. The van der Waals surface area contributed by atoms with E-state index in [4.69, 9.17) is 4.74 Å². The molecule has 0 radical (unpaired) electrons. The molecule has 7 nitrogen and oxygen atoms in total. The lowest BCUT2D eigenvalue weighted by Crippen LogP contribution is -2.27. The third-order valence-corrected chi connectivity index (χ3v) is 5.60. The maximum atomic E-state index is 12.8. The van der Waals surface area contributed by atoms with Crippen LogP contribution in [0, 0.1) is 0 Å². The molecule has 0 spiro atoms. The van der Waals surface area contributed by atoms with Gasteiger partial charge in [0.05, 0.1) is 29.4 Å². The highest BCUT2D eigenvalue weighted by molar-refractivity contribution is 7.92. The van der Waals surface area contributed by atoms with Crippen molar-refractivity contribution < 1.29 is 17.9 Å². The number of rotatable bonds is 7. The molecule has 1 heterocycles. The first-order valence-electron chi connectivity index (χ1n) is 8.88. The molecule has 8 heteroatoms. The average Bonchev–Trinajstić information content (AvgIpc) is 2.74. The Labute approximate surface area is 169 Å². The van der Waals surface area contributed by atoms with Gasteiger partial charge in [0.25, 0.3) is 15.9 Å². The number of nitrogens with zero attached hydrogens (tertiary/aromatic N) is 1. The van der Waals surface area contributed by atoms with Crippen LogP contribution in [0.15, 0.2) is 77.8 Å². The number of ether oxygens (including phenoxy) is 1. The van der Waals surface area contributed by atoms with Gasteiger partial charge in [-0.05, 0) is 49.4 Å². The van der Waals surface area contributed by atoms with E-state index in [1.54, 1.807) is 42.6 Å². The van der Waals surface area contributed by atoms with Crippen LogP contribution in [-0.2, 0) is 10.0 Å². The van der Waals surface area contributed by atoms with Crippen LogP contribution in [0.25, 0.3) is 0 Å². The van der Waals surface area contributed by atoms with Crippen LogP contribution in [0.2, 0.25) is 0 Å². The number of benzene rings is 2. The van der Waals surface area contributed by atoms with E-state index in [9.17, 15) is 13.2 Å². The second kappa shape index (κ2) is 8.74. The summed E-state index contributed by atoms with van der Waals surface area (Å²) in [6.45, 7) is 1.81. The van der Waals surface area contributed by atoms with Gasteiger partial charge in [-0.2, -0.15) is 0 Å². The first-order valence-corrected chi connectivity index (χ1v) is 10.4. The largest absolute Gasteiger partial charge is 0.495 e. The Morgan fingerprint density at radius 2 is 1.79 bits per heavy atom. The van der Waals surface area contributed by atoms with Crippen molar-refractivity contribution >= 4 is 21.6 Å². The first kappa shape index (κ1) is 20.3. The number of methoxy groups -OCH3 is 1. The van der Waals surface area contributed by atoms with E-state index >= 15 is 0 Å². The zero-order valence-electron chi connectivity index (χ0n) is 16.0. The van der Waals surface area contributed by atoms with Crippen LogP contribution in [0.1, 0.15) is 29.0 Å². The fourth-order valence-corrected chi connectivity index (χ4v) is 3.84. The van der Waals surface area contributed by atoms with Gasteiger partial charge in [-0.1, -0.05) is 24.3 Å². The standard InChI is InChI=1S/C21H21N3O4S/c1-15(18-10-5-6-13-22-18)23-21(25)16-8-7-9-17(14-16)29(26,27)24-19-11-3-4-12-20(19)28-2/h3-15,24H,1-2H3,(H,23,25)/t15-/m0/s1. The summed E-state index contributed by atoms with van der Waals surface area (Å²) in [7, 11) is -2.45. The summed E-state index contributed by atoms with van der Waals surface area (Å²) in [5.74, 6) is 0.00616. The van der Waals surface area contributed by atoms with Crippen molar-refractivity contribution in [1.82, 2.24) is 10.3 Å². The van der Waals surface area contributed by atoms with E-state index in [1.165, 1.54) is 25.3 Å². The van der Waals surface area contributed by atoms with Crippen LogP contribution in [0.3, 0.4) is 0 Å². The number of nitrogens with one attached hydrogen (secondary N) is 2. The smallest absolute Gasteiger partial charge is 0.262 e. The van der Waals surface area contributed by atoms with E-state index in [2.05, 4.69) is 15.0 Å². The van der Waals surface area contributed by atoms with E-state index in [0.29, 0.717) is 17.1 Å². The maximum absolute atomic E-state index is 12.8. The third kappa shape index (κ3) is 4.91. The average molecular weight is 411 g/mol. The van der Waals surface area contributed by atoms with Crippen molar-refractivity contribution in [3.8, 4) is 5.75 Å². The SMILES string of the molecule is COc1ccccc1NS(=O)(=O)c1cccc(C(=O)N[C@@H](C)c2ccccn2)c1. The Bertz CT molecular complexity index is 1100. The number of carbonyl (C=O) groups is 1. The monoisotopic (exact) mass is 411 g/mol. The molecular formula is C21H21N3O4S. The van der Waals surface area contributed by atoms with Crippen molar-refractivity contribution in [1.29, 1.82) is 0 Å². The van der Waals surface area contributed by atoms with Crippen molar-refractivity contribution in [2.45, 2.75) is 17.9 Å². The van der Waals surface area contributed by atoms with Crippen molar-refractivity contribution in [3.63, 3.8) is 0 Å². The molecule has 0 aliphatic heterocycles. The number of carbonyl (C=O) groups excluding carboxylic acids is 1. The summed E-state index contributed by atoms with van der Waals surface area (Å²) in [5.41, 5.74) is 1.26. The number of sulfonamides is 1. The minimum atomic E-state index is -3.90. The summed E-state index contributed by atoms with van der Waals surface area (Å²) >= 11 is 0. The molecule has 3 rings (SSSR count). The molecule has 0 bridgehead atoms. The van der Waals surface area contributed by atoms with Gasteiger partial charge in [-0.25, -0.2) is 8.42 Å². The Morgan fingerprint density at radius 1 is 1.03 bits per heavy atom. The molecule has 2 aromatic carbocycles. The van der Waals surface area contributed by atoms with Crippen LogP contribution < -0.4 is 14.8 Å². The molecule has 0 aliphatic rings. The van der Waals surface area contributed by atoms with E-state index in [1.807, 2.05) is 19.1 Å². The third-order valence-electron chi connectivity index (χ3n) is 4.24. The summed E-state index contributed by atoms with van der Waals surface area (Å²) in [5, 5.41) is 2.82. The fourth-order valence-electron chi connectivity index (χ4n) is 2.72. The van der Waals surface area contributed by atoms with Gasteiger partial charge in [-0.15, -0.1) is 0 Å². The van der Waals surface area contributed by atoms with Crippen molar-refractivity contribution in [2.24, 2.45) is 0 Å². The molecule has 1 atom stereocenters. The van der Waals surface area contributed by atoms with Gasteiger partial charge in [0.2, 0.25) is 0 Å². The molecule has 0 aliphatic carbocycles. The van der Waals surface area contributed by atoms with Crippen LogP contribution >= 0.6 is 0 Å². The lowest BCUT2D eigenvalue weighted by Gasteiger charge is -2.14. The molecule has 0 saturated heterocycles. The number of para-hydroxylation sites is 2. The number of pyridine rings is 1. The zero-order chi connectivity index (χ0) is 20.9. The Balaban J connectivity index is 1.80. The molecule has 0 fully saturated rings. The Hall–Kier alpha value is -3.39. The van der Waals surface area contributed by atoms with E-state index < -0.39 is 15.9 Å². The van der Waals surface area contributed by atoms with Gasteiger partial charge in [0.15, 0.2) is 0 Å². The predicted molar refractivity (Wildman–Crippen MR) is 110 cm³/mol. The summed E-state index contributed by atoms with van der Waals surface area (Å²) in [6, 6.07) is 17.6. The van der Waals surface area contributed by atoms with E-state index in [0.717, 1.165) is 0 Å². The second-order valence-electron chi connectivity index (χ2n) is 6.28. The second-order valence-corrected chi connectivity index (χ2v) is 7.97. The number of amides is 1. The van der Waals surface area contributed by atoms with Crippen LogP contribution in [0.4, 0.5) is 5.69 Å². The molecule has 3 aromatic rings. The molecule has 29 heavy (non-hydrogen) atoms. The highest BCUT2D eigenvalue weighted by Crippen LogP contribution is 2.26. The minimum absolute atomic E-state index is 0.0263. The Kier molecular flexibility index (Phi) is 6.13. The summed E-state index contributed by atoms with van der Waals surface area (Å²) in [4.78, 5) is 16.8. The van der Waals surface area contributed by atoms with Gasteiger partial charge in [-0.3, -0.25) is 14.5 Å². The van der Waals surface area contributed by atoms with Gasteiger partial charge in [0, 0.05) is 11.8 Å². The van der Waals surface area contributed by atoms with E-state index in [-0.39, 0.29) is 16.5 Å². The highest BCUT2D eigenvalue weighted by Gasteiger charge is 2.19. The molecule has 150 valence electrons. The number of anilines is 1. The fraction of sp³-hybridized carbons (Fsp3) is 0.143. The highest BCUT2D eigenvalue weighted by atomic mass is 32.2. The van der Waals surface area contributed by atoms with Crippen molar-refractivity contribution in [3.05, 3.63) is 84.2 Å². The minimum Gasteiger partial charge on any atom is -0.495 e. The normalized spacial score (nSPS) is 12.1.